The van der Waals surface area contributed by atoms with Gasteiger partial charge in [-0.1, -0.05) is 18.2 Å². The summed E-state index contributed by atoms with van der Waals surface area (Å²) in [6.07, 6.45) is 0. The van der Waals surface area contributed by atoms with Gasteiger partial charge in [0.05, 0.1) is 5.56 Å². The number of hydrogen-bond acceptors (Lipinski definition) is 5. The summed E-state index contributed by atoms with van der Waals surface area (Å²) in [6.45, 7) is 5.47. The molecule has 9 nitrogen and oxygen atoms in total. The highest BCUT2D eigenvalue weighted by Crippen LogP contribution is 2.31. The summed E-state index contributed by atoms with van der Waals surface area (Å²) in [5.41, 5.74) is 6.93. The quantitative estimate of drug-likeness (QED) is 0.339. The molecule has 3 aromatic carbocycles. The first-order valence-corrected chi connectivity index (χ1v) is 11.1. The van der Waals surface area contributed by atoms with Crippen molar-refractivity contribution in [1.29, 1.82) is 0 Å². The molecule has 3 rings (SSSR count). The second-order valence-electron chi connectivity index (χ2n) is 9.18. The molecule has 0 bridgehead atoms. The van der Waals surface area contributed by atoms with E-state index in [0.29, 0.717) is 16.9 Å². The van der Waals surface area contributed by atoms with Crippen molar-refractivity contribution in [3.8, 4) is 11.1 Å². The fourth-order valence-electron chi connectivity index (χ4n) is 3.58. The van der Waals surface area contributed by atoms with Gasteiger partial charge in [0.1, 0.15) is 0 Å². The third-order valence-corrected chi connectivity index (χ3v) is 5.25. The highest BCUT2D eigenvalue weighted by molar-refractivity contribution is 6.11. The Bertz CT molecular complexity index is 1360. The minimum absolute atomic E-state index is 0.126. The van der Waals surface area contributed by atoms with Crippen molar-refractivity contribution in [3.63, 3.8) is 0 Å². The number of rotatable bonds is 7. The number of carboxylic acids is 1. The van der Waals surface area contributed by atoms with E-state index in [0.717, 1.165) is 0 Å². The topological polar surface area (TPSA) is 151 Å². The molecule has 0 aromatic heterocycles. The zero-order valence-electron chi connectivity index (χ0n) is 20.4. The molecule has 0 saturated carbocycles. The third-order valence-electron chi connectivity index (χ3n) is 5.25. The molecule has 3 amide bonds. The van der Waals surface area contributed by atoms with Crippen LogP contribution in [0.15, 0.2) is 60.7 Å². The van der Waals surface area contributed by atoms with Crippen LogP contribution in [0, 0.1) is 0 Å². The van der Waals surface area contributed by atoms with Crippen molar-refractivity contribution in [2.45, 2.75) is 26.3 Å². The molecule has 3 aromatic rings. The molecule has 0 aliphatic heterocycles. The van der Waals surface area contributed by atoms with E-state index >= 15 is 0 Å². The van der Waals surface area contributed by atoms with E-state index in [2.05, 4.69) is 16.0 Å². The Kier molecular flexibility index (Phi) is 7.43. The summed E-state index contributed by atoms with van der Waals surface area (Å²) in [7, 11) is 1.69. The lowest BCUT2D eigenvalue weighted by molar-refractivity contribution is 0.0697. The van der Waals surface area contributed by atoms with E-state index in [9.17, 15) is 24.3 Å². The largest absolute Gasteiger partial charge is 0.478 e. The van der Waals surface area contributed by atoms with Gasteiger partial charge in [0.2, 0.25) is 5.91 Å². The number of primary amides is 1. The zero-order chi connectivity index (χ0) is 26.6. The van der Waals surface area contributed by atoms with Gasteiger partial charge in [-0.15, -0.1) is 0 Å². The van der Waals surface area contributed by atoms with Crippen LogP contribution in [0.5, 0.6) is 0 Å². The average molecular weight is 489 g/mol. The second-order valence-corrected chi connectivity index (χ2v) is 9.18. The number of aromatic carboxylic acids is 1. The monoisotopic (exact) mass is 488 g/mol. The van der Waals surface area contributed by atoms with E-state index in [1.54, 1.807) is 37.4 Å². The lowest BCUT2D eigenvalue weighted by Gasteiger charge is -2.21. The molecule has 0 atom stereocenters. The number of carbonyl (C=O) groups is 4. The Morgan fingerprint density at radius 3 is 2.06 bits per heavy atom. The molecule has 36 heavy (non-hydrogen) atoms. The molecule has 0 fully saturated rings. The molecule has 186 valence electrons. The Morgan fingerprint density at radius 1 is 0.778 bits per heavy atom. The fraction of sp³-hybridized carbons (Fsp3) is 0.185. The number of carboxylic acid groups (broad SMARTS) is 1. The number of hydrogen-bond donors (Lipinski definition) is 5. The van der Waals surface area contributed by atoms with Crippen LogP contribution in [0.25, 0.3) is 11.1 Å². The predicted molar refractivity (Wildman–Crippen MR) is 139 cm³/mol. The van der Waals surface area contributed by atoms with Gasteiger partial charge in [0.15, 0.2) is 0 Å². The van der Waals surface area contributed by atoms with Crippen LogP contribution in [-0.2, 0) is 0 Å². The molecular weight excluding hydrogens is 460 g/mol. The van der Waals surface area contributed by atoms with Gasteiger partial charge in [-0.2, -0.15) is 0 Å². The van der Waals surface area contributed by atoms with Crippen molar-refractivity contribution in [2.24, 2.45) is 5.73 Å². The van der Waals surface area contributed by atoms with Crippen LogP contribution in [0.2, 0.25) is 0 Å². The minimum atomic E-state index is -1.24. The average Bonchev–Trinajstić information content (AvgIpc) is 2.82. The molecule has 0 spiro atoms. The number of benzene rings is 3. The van der Waals surface area contributed by atoms with Crippen LogP contribution in [0.3, 0.4) is 0 Å². The van der Waals surface area contributed by atoms with Gasteiger partial charge >= 0.3 is 5.97 Å². The lowest BCUT2D eigenvalue weighted by atomic mass is 9.92. The summed E-state index contributed by atoms with van der Waals surface area (Å²) in [4.78, 5) is 49.6. The summed E-state index contributed by atoms with van der Waals surface area (Å²) >= 11 is 0. The number of nitrogens with two attached hydrogens (primary N) is 1. The Hall–Kier alpha value is -4.66. The SMILES string of the molecule is CNc1ccc(-c2ccc(C(=O)NC(C)(C)C)cc2C(=O)O)c(C(=O)Nc2cccc(C(N)=O)c2)c1. The number of nitrogens with one attached hydrogen (secondary N) is 3. The number of anilines is 2. The van der Waals surface area contributed by atoms with Crippen molar-refractivity contribution < 1.29 is 24.3 Å². The van der Waals surface area contributed by atoms with E-state index in [1.165, 1.54) is 30.3 Å². The van der Waals surface area contributed by atoms with Crippen molar-refractivity contribution in [3.05, 3.63) is 82.9 Å². The first-order chi connectivity index (χ1) is 16.9. The highest BCUT2D eigenvalue weighted by atomic mass is 16.4. The van der Waals surface area contributed by atoms with Gasteiger partial charge in [-0.05, 0) is 74.4 Å². The maximum absolute atomic E-state index is 13.3. The van der Waals surface area contributed by atoms with E-state index < -0.39 is 29.2 Å². The molecule has 0 aliphatic rings. The molecule has 0 saturated heterocycles. The maximum Gasteiger partial charge on any atom is 0.336 e. The van der Waals surface area contributed by atoms with Gasteiger partial charge in [-0.25, -0.2) is 4.79 Å². The second kappa shape index (κ2) is 10.3. The molecule has 0 aliphatic carbocycles. The Labute approximate surface area is 208 Å². The minimum Gasteiger partial charge on any atom is -0.478 e. The van der Waals surface area contributed by atoms with Gasteiger partial charge < -0.3 is 26.8 Å². The van der Waals surface area contributed by atoms with Crippen molar-refractivity contribution in [2.75, 3.05) is 17.7 Å². The van der Waals surface area contributed by atoms with Crippen LogP contribution < -0.4 is 21.7 Å². The van der Waals surface area contributed by atoms with Gasteiger partial charge in [0, 0.05) is 40.7 Å². The molecule has 9 heteroatoms. The molecule has 6 N–H and O–H groups in total. The summed E-state index contributed by atoms with van der Waals surface area (Å²) in [6, 6.07) is 15.4. The van der Waals surface area contributed by atoms with Gasteiger partial charge in [0.25, 0.3) is 11.8 Å². The molecule has 0 heterocycles. The maximum atomic E-state index is 13.3. The highest BCUT2D eigenvalue weighted by Gasteiger charge is 2.22. The third kappa shape index (κ3) is 6.06. The molecule has 0 unspecified atom stereocenters. The first kappa shape index (κ1) is 26.0. The van der Waals surface area contributed by atoms with E-state index in [1.807, 2.05) is 20.8 Å². The van der Waals surface area contributed by atoms with Crippen LogP contribution in [-0.4, -0.2) is 41.4 Å². The fourth-order valence-corrected chi connectivity index (χ4v) is 3.58. The first-order valence-electron chi connectivity index (χ1n) is 11.1. The number of amides is 3. The van der Waals surface area contributed by atoms with Crippen molar-refractivity contribution >= 4 is 35.1 Å². The lowest BCUT2D eigenvalue weighted by Crippen LogP contribution is -2.40. The Balaban J connectivity index is 2.08. The normalized spacial score (nSPS) is 10.9. The van der Waals surface area contributed by atoms with E-state index in [-0.39, 0.29) is 27.8 Å². The van der Waals surface area contributed by atoms with E-state index in [4.69, 9.17) is 5.73 Å². The summed E-state index contributed by atoms with van der Waals surface area (Å²) in [5.74, 6) is -2.80. The predicted octanol–water partition coefficient (Wildman–Crippen LogP) is 3.97. The number of carbonyl (C=O) groups excluding carboxylic acids is 3. The van der Waals surface area contributed by atoms with Crippen molar-refractivity contribution in [1.82, 2.24) is 5.32 Å². The molecular formula is C27H28N4O5. The Morgan fingerprint density at radius 2 is 1.44 bits per heavy atom. The summed E-state index contributed by atoms with van der Waals surface area (Å²) in [5, 5.41) is 18.4. The molecule has 0 radical (unpaired) electrons. The summed E-state index contributed by atoms with van der Waals surface area (Å²) < 4.78 is 0. The van der Waals surface area contributed by atoms with Gasteiger partial charge in [-0.3, -0.25) is 14.4 Å². The zero-order valence-corrected chi connectivity index (χ0v) is 20.4. The van der Waals surface area contributed by atoms with Crippen LogP contribution >= 0.6 is 0 Å². The smallest absolute Gasteiger partial charge is 0.336 e. The van der Waals surface area contributed by atoms with Crippen LogP contribution in [0.1, 0.15) is 62.2 Å². The van der Waals surface area contributed by atoms with Crippen LogP contribution in [0.4, 0.5) is 11.4 Å². The standard InChI is InChI=1S/C27H28N4O5/c1-27(2,3)31-24(33)16-8-10-20(22(13-16)26(35)36)19-11-9-17(29-4)14-21(19)25(34)30-18-7-5-6-15(12-18)23(28)32/h5-14,29H,1-4H3,(H2,28,32)(H,30,34)(H,31,33)(H,35,36).